The van der Waals surface area contributed by atoms with Crippen LogP contribution in [0.15, 0.2) is 66.9 Å². The van der Waals surface area contributed by atoms with Gasteiger partial charge in [0.25, 0.3) is 0 Å². The maximum absolute atomic E-state index is 12.8. The number of rotatable bonds is 5. The number of hydrogen-bond acceptors (Lipinski definition) is 6. The monoisotopic (exact) mass is 415 g/mol. The van der Waals surface area contributed by atoms with Crippen molar-refractivity contribution in [1.29, 1.82) is 0 Å². The molecule has 0 bridgehead atoms. The summed E-state index contributed by atoms with van der Waals surface area (Å²) in [7, 11) is 0. The van der Waals surface area contributed by atoms with Gasteiger partial charge in [-0.05, 0) is 36.2 Å². The lowest BCUT2D eigenvalue weighted by atomic mass is 10.1. The number of amides is 1. The fraction of sp³-hybridized carbons (Fsp3) is 0.250. The van der Waals surface area contributed by atoms with E-state index in [2.05, 4.69) is 14.9 Å². The van der Waals surface area contributed by atoms with E-state index >= 15 is 0 Å². The van der Waals surface area contributed by atoms with Gasteiger partial charge in [0, 0.05) is 32.4 Å². The van der Waals surface area contributed by atoms with Crippen LogP contribution >= 0.6 is 0 Å². The van der Waals surface area contributed by atoms with Crippen LogP contribution in [0.1, 0.15) is 28.0 Å². The normalized spacial score (nSPS) is 14.2. The van der Waals surface area contributed by atoms with Gasteiger partial charge in [0.1, 0.15) is 17.3 Å². The van der Waals surface area contributed by atoms with Crippen molar-refractivity contribution in [1.82, 2.24) is 14.9 Å². The van der Waals surface area contributed by atoms with E-state index in [9.17, 15) is 9.59 Å². The number of ketones is 1. The number of hydrogen-bond donors (Lipinski definition) is 1. The molecule has 0 atom stereocenters. The van der Waals surface area contributed by atoms with Crippen molar-refractivity contribution in [3.63, 3.8) is 0 Å². The molecule has 0 radical (unpaired) electrons. The van der Waals surface area contributed by atoms with Crippen LogP contribution < -0.4 is 10.6 Å². The number of nitrogens with two attached hydrogens (primary N) is 1. The van der Waals surface area contributed by atoms with E-state index in [1.165, 1.54) is 0 Å². The quantitative estimate of drug-likeness (QED) is 0.644. The van der Waals surface area contributed by atoms with Gasteiger partial charge >= 0.3 is 0 Å². The molecule has 1 aromatic carbocycles. The molecule has 31 heavy (non-hydrogen) atoms. The van der Waals surface area contributed by atoms with Gasteiger partial charge in [-0.25, -0.2) is 9.97 Å². The van der Waals surface area contributed by atoms with Crippen molar-refractivity contribution >= 4 is 23.3 Å². The van der Waals surface area contributed by atoms with Crippen molar-refractivity contribution in [3.05, 3.63) is 83.7 Å². The first-order valence-electron chi connectivity index (χ1n) is 10.4. The van der Waals surface area contributed by atoms with Crippen molar-refractivity contribution in [2.75, 3.05) is 36.8 Å². The molecule has 0 unspecified atom stereocenters. The number of aromatic nitrogens is 2. The number of carbonyl (C=O) groups is 2. The minimum Gasteiger partial charge on any atom is -0.383 e. The Balaban J connectivity index is 1.44. The highest BCUT2D eigenvalue weighted by Gasteiger charge is 2.21. The molecule has 7 heteroatoms. The Morgan fingerprint density at radius 1 is 0.903 bits per heavy atom. The largest absolute Gasteiger partial charge is 0.383 e. The Bertz CT molecular complexity index is 1070. The van der Waals surface area contributed by atoms with Gasteiger partial charge in [0.05, 0.1) is 12.0 Å². The van der Waals surface area contributed by atoms with E-state index in [1.54, 1.807) is 24.4 Å². The van der Waals surface area contributed by atoms with Crippen LogP contribution in [0.3, 0.4) is 0 Å². The molecule has 2 N–H and O–H groups in total. The molecule has 2 aromatic heterocycles. The Labute approximate surface area is 181 Å². The SMILES string of the molecule is Nc1ncccc1C(=O)c1cccc(N2CCCN(C(=O)Cc3ccccc3)CC2)n1. The molecule has 7 nitrogen and oxygen atoms in total. The summed E-state index contributed by atoms with van der Waals surface area (Å²) in [4.78, 5) is 38.2. The second-order valence-electron chi connectivity index (χ2n) is 7.53. The predicted molar refractivity (Wildman–Crippen MR) is 120 cm³/mol. The first kappa shape index (κ1) is 20.5. The van der Waals surface area contributed by atoms with Gasteiger partial charge < -0.3 is 15.5 Å². The first-order valence-corrected chi connectivity index (χ1v) is 10.4. The Kier molecular flexibility index (Phi) is 6.21. The predicted octanol–water partition coefficient (Wildman–Crippen LogP) is 2.57. The highest BCUT2D eigenvalue weighted by molar-refractivity contribution is 6.10. The maximum atomic E-state index is 12.8. The molecule has 3 aromatic rings. The topological polar surface area (TPSA) is 92.4 Å². The summed E-state index contributed by atoms with van der Waals surface area (Å²) in [6.07, 6.45) is 2.81. The van der Waals surface area contributed by atoms with E-state index < -0.39 is 0 Å². The first-order chi connectivity index (χ1) is 15.1. The number of anilines is 2. The zero-order valence-corrected chi connectivity index (χ0v) is 17.3. The summed E-state index contributed by atoms with van der Waals surface area (Å²) in [5.74, 6) is 0.812. The number of nitrogen functional groups attached to an aromatic ring is 1. The van der Waals surface area contributed by atoms with Crippen molar-refractivity contribution in [2.45, 2.75) is 12.8 Å². The van der Waals surface area contributed by atoms with Crippen LogP contribution in [0.2, 0.25) is 0 Å². The molecular weight excluding hydrogens is 390 g/mol. The Hall–Kier alpha value is -3.74. The summed E-state index contributed by atoms with van der Waals surface area (Å²) in [6, 6.07) is 18.5. The van der Waals surface area contributed by atoms with E-state index in [1.807, 2.05) is 47.4 Å². The molecule has 1 saturated heterocycles. The zero-order valence-electron chi connectivity index (χ0n) is 17.3. The molecule has 1 fully saturated rings. The molecule has 4 rings (SSSR count). The van der Waals surface area contributed by atoms with Crippen LogP contribution in [-0.2, 0) is 11.2 Å². The molecular formula is C24H25N5O2. The van der Waals surface area contributed by atoms with Gasteiger partial charge in [-0.15, -0.1) is 0 Å². The van der Waals surface area contributed by atoms with Gasteiger partial charge in [-0.3, -0.25) is 9.59 Å². The standard InChI is InChI=1S/C24H25N5O2/c25-24-19(9-5-12-26-24)23(31)20-10-4-11-21(27-20)28-13-6-14-29(16-15-28)22(30)17-18-7-2-1-3-8-18/h1-5,7-12H,6,13-17H2,(H2,25,26). The third kappa shape index (κ3) is 4.88. The van der Waals surface area contributed by atoms with Crippen molar-refractivity contribution < 1.29 is 9.59 Å². The average Bonchev–Trinajstić information content (AvgIpc) is 3.06. The van der Waals surface area contributed by atoms with Gasteiger partial charge in [0.2, 0.25) is 11.7 Å². The summed E-state index contributed by atoms with van der Waals surface area (Å²) < 4.78 is 0. The highest BCUT2D eigenvalue weighted by atomic mass is 16.2. The fourth-order valence-electron chi connectivity index (χ4n) is 3.75. The Morgan fingerprint density at radius 3 is 2.55 bits per heavy atom. The van der Waals surface area contributed by atoms with Gasteiger partial charge in [-0.1, -0.05) is 36.4 Å². The highest BCUT2D eigenvalue weighted by Crippen LogP contribution is 2.18. The molecule has 1 amide bonds. The van der Waals surface area contributed by atoms with E-state index in [4.69, 9.17) is 5.73 Å². The van der Waals surface area contributed by atoms with Crippen LogP contribution in [-0.4, -0.2) is 52.7 Å². The van der Waals surface area contributed by atoms with Gasteiger partial charge in [0.15, 0.2) is 0 Å². The van der Waals surface area contributed by atoms with Gasteiger partial charge in [-0.2, -0.15) is 0 Å². The second-order valence-corrected chi connectivity index (χ2v) is 7.53. The Morgan fingerprint density at radius 2 is 1.74 bits per heavy atom. The molecule has 1 aliphatic rings. The van der Waals surface area contributed by atoms with E-state index in [0.29, 0.717) is 37.3 Å². The summed E-state index contributed by atoms with van der Waals surface area (Å²) in [5.41, 5.74) is 7.56. The molecule has 0 saturated carbocycles. The summed E-state index contributed by atoms with van der Waals surface area (Å²) in [5, 5.41) is 0. The second kappa shape index (κ2) is 9.38. The molecule has 0 aliphatic carbocycles. The zero-order chi connectivity index (χ0) is 21.6. The minimum atomic E-state index is -0.248. The lowest BCUT2D eigenvalue weighted by molar-refractivity contribution is -0.130. The van der Waals surface area contributed by atoms with Crippen LogP contribution in [0.4, 0.5) is 11.6 Å². The molecule has 0 spiro atoms. The minimum absolute atomic E-state index is 0.136. The van der Waals surface area contributed by atoms with Crippen LogP contribution in [0.25, 0.3) is 0 Å². The third-order valence-electron chi connectivity index (χ3n) is 5.42. The third-order valence-corrected chi connectivity index (χ3v) is 5.42. The van der Waals surface area contributed by atoms with E-state index in [-0.39, 0.29) is 17.5 Å². The number of benzene rings is 1. The van der Waals surface area contributed by atoms with Crippen molar-refractivity contribution in [2.24, 2.45) is 0 Å². The average molecular weight is 415 g/mol. The fourth-order valence-corrected chi connectivity index (χ4v) is 3.75. The van der Waals surface area contributed by atoms with Crippen LogP contribution in [0.5, 0.6) is 0 Å². The number of nitrogens with zero attached hydrogens (tertiary/aromatic N) is 4. The molecule has 1 aliphatic heterocycles. The lowest BCUT2D eigenvalue weighted by Crippen LogP contribution is -2.36. The maximum Gasteiger partial charge on any atom is 0.227 e. The number of carbonyl (C=O) groups excluding carboxylic acids is 2. The summed E-state index contributed by atoms with van der Waals surface area (Å²) >= 11 is 0. The summed E-state index contributed by atoms with van der Waals surface area (Å²) in [6.45, 7) is 2.78. The lowest BCUT2D eigenvalue weighted by Gasteiger charge is -2.23. The molecule has 158 valence electrons. The number of pyridine rings is 2. The smallest absolute Gasteiger partial charge is 0.227 e. The van der Waals surface area contributed by atoms with E-state index in [0.717, 1.165) is 24.3 Å². The van der Waals surface area contributed by atoms with Crippen molar-refractivity contribution in [3.8, 4) is 0 Å². The molecule has 3 heterocycles. The van der Waals surface area contributed by atoms with Crippen LogP contribution in [0, 0.1) is 0 Å².